The molecule has 0 saturated carbocycles. The van der Waals surface area contributed by atoms with E-state index in [1.54, 1.807) is 0 Å². The van der Waals surface area contributed by atoms with Crippen molar-refractivity contribution in [2.45, 2.75) is 20.3 Å². The molecule has 14 heavy (non-hydrogen) atoms. The Bertz CT molecular complexity index is 491. The lowest BCUT2D eigenvalue weighted by Gasteiger charge is -2.08. The molecule has 1 aromatic heterocycles. The van der Waals surface area contributed by atoms with Crippen molar-refractivity contribution in [2.24, 2.45) is 4.99 Å². The number of Topliss-reactive ketones (excluding diaryl/α,β-unsaturated/α-hetero) is 1. The van der Waals surface area contributed by atoms with Crippen LogP contribution >= 0.6 is 11.3 Å². The van der Waals surface area contributed by atoms with Gasteiger partial charge in [-0.3, -0.25) is 9.79 Å². The molecule has 70 valence electrons. The van der Waals surface area contributed by atoms with Crippen molar-refractivity contribution in [2.75, 3.05) is 0 Å². The third kappa shape index (κ3) is 1.17. The van der Waals surface area contributed by atoms with Gasteiger partial charge in [-0.2, -0.15) is 5.26 Å². The highest BCUT2D eigenvalue weighted by atomic mass is 32.1. The highest BCUT2D eigenvalue weighted by Gasteiger charge is 2.25. The van der Waals surface area contributed by atoms with E-state index in [4.69, 9.17) is 5.26 Å². The van der Waals surface area contributed by atoms with Crippen molar-refractivity contribution < 1.29 is 4.79 Å². The second-order valence-corrected chi connectivity index (χ2v) is 4.49. The average molecular weight is 204 g/mol. The van der Waals surface area contributed by atoms with E-state index in [1.165, 1.54) is 11.3 Å². The number of thiophene rings is 1. The highest BCUT2D eigenvalue weighted by molar-refractivity contribution is 7.13. The number of nitrogens with zero attached hydrogens (tertiary/aromatic N) is 2. The zero-order chi connectivity index (χ0) is 10.3. The van der Waals surface area contributed by atoms with Gasteiger partial charge in [-0.25, -0.2) is 0 Å². The quantitative estimate of drug-likeness (QED) is 0.652. The van der Waals surface area contributed by atoms with Gasteiger partial charge in [-0.1, -0.05) is 0 Å². The molecule has 0 N–H and O–H groups in total. The minimum atomic E-state index is 0.0217. The van der Waals surface area contributed by atoms with Crippen LogP contribution < -0.4 is 0 Å². The molecule has 1 aromatic rings. The smallest absolute Gasteiger partial charge is 0.172 e. The van der Waals surface area contributed by atoms with Crippen LogP contribution in [0.25, 0.3) is 0 Å². The fourth-order valence-corrected chi connectivity index (χ4v) is 2.47. The van der Waals surface area contributed by atoms with Crippen LogP contribution in [0.2, 0.25) is 0 Å². The van der Waals surface area contributed by atoms with Crippen LogP contribution in [0.4, 0.5) is 5.69 Å². The number of rotatable bonds is 0. The van der Waals surface area contributed by atoms with Gasteiger partial charge in [-0.15, -0.1) is 11.3 Å². The number of hydrogen-bond donors (Lipinski definition) is 0. The van der Waals surface area contributed by atoms with Gasteiger partial charge in [0.2, 0.25) is 0 Å². The van der Waals surface area contributed by atoms with E-state index in [-0.39, 0.29) is 5.78 Å². The van der Waals surface area contributed by atoms with E-state index in [1.807, 2.05) is 19.9 Å². The number of carbonyl (C=O) groups excluding carboxylic acids is 1. The number of ketones is 1. The SMILES string of the molecule is CC1=Nc2c(C)sc(C#N)c2C(=O)C1. The summed E-state index contributed by atoms with van der Waals surface area (Å²) < 4.78 is 0. The summed E-state index contributed by atoms with van der Waals surface area (Å²) in [5.74, 6) is 0.0217. The van der Waals surface area contributed by atoms with Gasteiger partial charge in [0.25, 0.3) is 0 Å². The van der Waals surface area contributed by atoms with E-state index in [9.17, 15) is 4.79 Å². The van der Waals surface area contributed by atoms with Gasteiger partial charge in [0, 0.05) is 17.0 Å². The Morgan fingerprint density at radius 3 is 2.86 bits per heavy atom. The average Bonchev–Trinajstić information content (AvgIpc) is 2.43. The van der Waals surface area contributed by atoms with Crippen LogP contribution in [0, 0.1) is 18.3 Å². The molecule has 0 unspecified atom stereocenters. The van der Waals surface area contributed by atoms with E-state index in [2.05, 4.69) is 4.99 Å². The van der Waals surface area contributed by atoms with E-state index >= 15 is 0 Å². The molecule has 1 aliphatic heterocycles. The first-order valence-corrected chi connectivity index (χ1v) is 5.06. The first kappa shape index (κ1) is 9.10. The van der Waals surface area contributed by atoms with Crippen LogP contribution in [0.15, 0.2) is 4.99 Å². The Labute approximate surface area is 85.7 Å². The summed E-state index contributed by atoms with van der Waals surface area (Å²) in [6.07, 6.45) is 0.345. The van der Waals surface area contributed by atoms with Crippen LogP contribution in [-0.4, -0.2) is 11.5 Å². The molecular formula is C10H8N2OS. The summed E-state index contributed by atoms with van der Waals surface area (Å²) in [7, 11) is 0. The normalized spacial score (nSPS) is 14.6. The predicted octanol–water partition coefficient (Wildman–Crippen LogP) is 2.61. The van der Waals surface area contributed by atoms with Crippen molar-refractivity contribution in [3.8, 4) is 6.07 Å². The molecule has 3 nitrogen and oxygen atoms in total. The van der Waals surface area contributed by atoms with Gasteiger partial charge < -0.3 is 0 Å². The standard InChI is InChI=1S/C10H8N2OS/c1-5-3-7(13)9-8(4-11)14-6(2)10(9)12-5/h3H2,1-2H3. The van der Waals surface area contributed by atoms with Crippen LogP contribution in [0.5, 0.6) is 0 Å². The number of nitriles is 1. The summed E-state index contributed by atoms with van der Waals surface area (Å²) in [5, 5.41) is 8.85. The Morgan fingerprint density at radius 1 is 1.50 bits per heavy atom. The molecule has 0 spiro atoms. The van der Waals surface area contributed by atoms with E-state index in [0.29, 0.717) is 22.5 Å². The molecular weight excluding hydrogens is 196 g/mol. The molecule has 0 aliphatic carbocycles. The molecule has 0 bridgehead atoms. The monoisotopic (exact) mass is 204 g/mol. The van der Waals surface area contributed by atoms with Crippen LogP contribution in [-0.2, 0) is 0 Å². The molecule has 4 heteroatoms. The van der Waals surface area contributed by atoms with Crippen molar-refractivity contribution in [1.29, 1.82) is 5.26 Å². The van der Waals surface area contributed by atoms with E-state index in [0.717, 1.165) is 10.6 Å². The van der Waals surface area contributed by atoms with Gasteiger partial charge >= 0.3 is 0 Å². The minimum absolute atomic E-state index is 0.0217. The maximum atomic E-state index is 11.7. The summed E-state index contributed by atoms with van der Waals surface area (Å²) in [6, 6.07) is 2.05. The predicted molar refractivity (Wildman–Crippen MR) is 55.5 cm³/mol. The van der Waals surface area contributed by atoms with Crippen LogP contribution in [0.1, 0.15) is 33.5 Å². The molecule has 0 radical (unpaired) electrons. The maximum Gasteiger partial charge on any atom is 0.172 e. The number of aryl methyl sites for hydroxylation is 1. The molecule has 0 atom stereocenters. The minimum Gasteiger partial charge on any atom is -0.294 e. The number of hydrogen-bond acceptors (Lipinski definition) is 4. The van der Waals surface area contributed by atoms with Crippen molar-refractivity contribution in [3.05, 3.63) is 15.3 Å². The van der Waals surface area contributed by atoms with Gasteiger partial charge in [0.15, 0.2) is 5.78 Å². The zero-order valence-corrected chi connectivity index (χ0v) is 8.73. The lowest BCUT2D eigenvalue weighted by atomic mass is 10.0. The van der Waals surface area contributed by atoms with Gasteiger partial charge in [-0.05, 0) is 13.8 Å². The molecule has 2 rings (SSSR count). The third-order valence-corrected chi connectivity index (χ3v) is 3.15. The van der Waals surface area contributed by atoms with Crippen molar-refractivity contribution in [3.63, 3.8) is 0 Å². The lowest BCUT2D eigenvalue weighted by Crippen LogP contribution is -2.10. The molecule has 0 fully saturated rings. The molecule has 1 aliphatic rings. The fourth-order valence-electron chi connectivity index (χ4n) is 1.56. The topological polar surface area (TPSA) is 53.2 Å². The van der Waals surface area contributed by atoms with Gasteiger partial charge in [0.05, 0.1) is 11.3 Å². The molecule has 0 aromatic carbocycles. The molecule has 0 amide bonds. The number of aliphatic imine (C=N–C) groups is 1. The first-order chi connectivity index (χ1) is 6.63. The Morgan fingerprint density at radius 2 is 2.21 bits per heavy atom. The number of fused-ring (bicyclic) bond motifs is 1. The number of carbonyl (C=O) groups is 1. The maximum absolute atomic E-state index is 11.7. The molecule has 0 saturated heterocycles. The first-order valence-electron chi connectivity index (χ1n) is 4.24. The summed E-state index contributed by atoms with van der Waals surface area (Å²) in [5.41, 5.74) is 2.06. The summed E-state index contributed by atoms with van der Waals surface area (Å²) in [6.45, 7) is 3.73. The fraction of sp³-hybridized carbons (Fsp3) is 0.300. The largest absolute Gasteiger partial charge is 0.294 e. The van der Waals surface area contributed by atoms with Gasteiger partial charge in [0.1, 0.15) is 10.9 Å². The second-order valence-electron chi connectivity index (χ2n) is 3.27. The summed E-state index contributed by atoms with van der Waals surface area (Å²) in [4.78, 5) is 17.4. The molecule has 2 heterocycles. The van der Waals surface area contributed by atoms with E-state index < -0.39 is 0 Å². The van der Waals surface area contributed by atoms with Crippen molar-refractivity contribution in [1.82, 2.24) is 0 Å². The van der Waals surface area contributed by atoms with Crippen molar-refractivity contribution >= 4 is 28.5 Å². The Kier molecular flexibility index (Phi) is 1.97. The lowest BCUT2D eigenvalue weighted by molar-refractivity contribution is 0.1000. The van der Waals surface area contributed by atoms with Crippen LogP contribution in [0.3, 0.4) is 0 Å². The second kappa shape index (κ2) is 3.03. The highest BCUT2D eigenvalue weighted by Crippen LogP contribution is 2.38. The Hall–Kier alpha value is -1.47. The Balaban J connectivity index is 2.75. The third-order valence-electron chi connectivity index (χ3n) is 2.15. The summed E-state index contributed by atoms with van der Waals surface area (Å²) >= 11 is 1.35. The zero-order valence-electron chi connectivity index (χ0n) is 7.92.